The van der Waals surface area contributed by atoms with Crippen LogP contribution in [0, 0.1) is 6.92 Å². The highest BCUT2D eigenvalue weighted by Gasteiger charge is 2.44. The van der Waals surface area contributed by atoms with Gasteiger partial charge < -0.3 is 5.11 Å². The van der Waals surface area contributed by atoms with Crippen LogP contribution in [-0.4, -0.2) is 23.8 Å². The van der Waals surface area contributed by atoms with E-state index in [0.29, 0.717) is 5.56 Å². The summed E-state index contributed by atoms with van der Waals surface area (Å²) in [7, 11) is -4.04. The standard InChI is InChI=1S/C25H22BrNO4S/c1-17-10-12-21(13-11-17)32(30,31)27-23(19-8-5-9-20(26)16-19)15-14-22(25(28)29)24(27)18-6-3-2-4-7-18/h2-14,16,23-24H,15H2,1H3,(H,28,29)/t23-,24-/m0/s1. The predicted molar refractivity (Wildman–Crippen MR) is 127 cm³/mol. The van der Waals surface area contributed by atoms with E-state index < -0.39 is 28.1 Å². The Morgan fingerprint density at radius 2 is 1.62 bits per heavy atom. The largest absolute Gasteiger partial charge is 0.478 e. The number of benzene rings is 3. The van der Waals surface area contributed by atoms with E-state index in [4.69, 9.17) is 0 Å². The Morgan fingerprint density at radius 1 is 0.969 bits per heavy atom. The third-order valence-electron chi connectivity index (χ3n) is 5.61. The third kappa shape index (κ3) is 4.28. The number of aliphatic carboxylic acids is 1. The Balaban J connectivity index is 1.97. The van der Waals surface area contributed by atoms with Gasteiger partial charge in [-0.25, -0.2) is 13.2 Å². The molecule has 1 heterocycles. The molecule has 1 aliphatic heterocycles. The summed E-state index contributed by atoms with van der Waals surface area (Å²) < 4.78 is 30.2. The molecule has 32 heavy (non-hydrogen) atoms. The van der Waals surface area contributed by atoms with Gasteiger partial charge in [0.2, 0.25) is 10.0 Å². The summed E-state index contributed by atoms with van der Waals surface area (Å²) in [6, 6.07) is 21.5. The Labute approximate surface area is 196 Å². The zero-order valence-electron chi connectivity index (χ0n) is 17.4. The molecule has 0 saturated carbocycles. The van der Waals surface area contributed by atoms with Crippen LogP contribution in [0.3, 0.4) is 0 Å². The zero-order chi connectivity index (χ0) is 22.9. The second kappa shape index (κ2) is 9.02. The Bertz CT molecular complexity index is 1270. The second-order valence-corrected chi connectivity index (χ2v) is 10.5. The molecule has 7 heteroatoms. The second-order valence-electron chi connectivity index (χ2n) is 7.73. The van der Waals surface area contributed by atoms with Crippen molar-refractivity contribution in [3.8, 4) is 0 Å². The number of carboxylic acid groups (broad SMARTS) is 1. The lowest BCUT2D eigenvalue weighted by molar-refractivity contribution is -0.133. The van der Waals surface area contributed by atoms with Crippen molar-refractivity contribution in [3.63, 3.8) is 0 Å². The topological polar surface area (TPSA) is 74.7 Å². The first-order valence-corrected chi connectivity index (χ1v) is 12.4. The van der Waals surface area contributed by atoms with Gasteiger partial charge in [0, 0.05) is 4.47 Å². The maximum atomic E-state index is 14.0. The molecule has 164 valence electrons. The summed E-state index contributed by atoms with van der Waals surface area (Å²) in [4.78, 5) is 12.3. The van der Waals surface area contributed by atoms with Crippen LogP contribution in [0.4, 0.5) is 0 Å². The van der Waals surface area contributed by atoms with Crippen LogP contribution in [0.5, 0.6) is 0 Å². The molecule has 0 fully saturated rings. The monoisotopic (exact) mass is 511 g/mol. The third-order valence-corrected chi connectivity index (χ3v) is 7.99. The predicted octanol–water partition coefficient (Wildman–Crippen LogP) is 5.65. The molecule has 1 N–H and O–H groups in total. The Morgan fingerprint density at radius 3 is 2.25 bits per heavy atom. The molecule has 3 aromatic carbocycles. The number of hydrogen-bond donors (Lipinski definition) is 1. The van der Waals surface area contributed by atoms with Crippen LogP contribution < -0.4 is 0 Å². The van der Waals surface area contributed by atoms with Gasteiger partial charge in [-0.1, -0.05) is 82.2 Å². The lowest BCUT2D eigenvalue weighted by Crippen LogP contribution is -2.42. The van der Waals surface area contributed by atoms with Crippen molar-refractivity contribution in [2.24, 2.45) is 0 Å². The van der Waals surface area contributed by atoms with E-state index in [9.17, 15) is 18.3 Å². The molecule has 2 atom stereocenters. The zero-order valence-corrected chi connectivity index (χ0v) is 19.8. The highest BCUT2D eigenvalue weighted by atomic mass is 79.9. The van der Waals surface area contributed by atoms with Crippen LogP contribution in [-0.2, 0) is 14.8 Å². The van der Waals surface area contributed by atoms with E-state index in [1.54, 1.807) is 54.6 Å². The van der Waals surface area contributed by atoms with Crippen molar-refractivity contribution in [1.29, 1.82) is 0 Å². The SMILES string of the molecule is Cc1ccc(S(=O)(=O)N2[C@@H](c3ccccc3)C(C(=O)O)=CC[C@H]2c2cccc(Br)c2)cc1. The minimum absolute atomic E-state index is 0.0538. The summed E-state index contributed by atoms with van der Waals surface area (Å²) in [6.07, 6.45) is 1.90. The molecule has 3 aromatic rings. The van der Waals surface area contributed by atoms with Gasteiger partial charge in [-0.2, -0.15) is 4.31 Å². The number of carbonyl (C=O) groups is 1. The van der Waals surface area contributed by atoms with Crippen LogP contribution in [0.2, 0.25) is 0 Å². The van der Waals surface area contributed by atoms with Gasteiger partial charge >= 0.3 is 5.97 Å². The number of halogens is 1. The van der Waals surface area contributed by atoms with E-state index in [2.05, 4.69) is 15.9 Å². The number of sulfonamides is 1. The molecule has 0 aliphatic carbocycles. The van der Waals surface area contributed by atoms with E-state index in [-0.39, 0.29) is 16.9 Å². The number of rotatable bonds is 5. The fourth-order valence-corrected chi connectivity index (χ4v) is 6.27. The highest BCUT2D eigenvalue weighted by Crippen LogP contribution is 2.45. The molecule has 0 spiro atoms. The van der Waals surface area contributed by atoms with E-state index in [1.165, 1.54) is 4.31 Å². The first-order chi connectivity index (χ1) is 15.3. The first-order valence-electron chi connectivity index (χ1n) is 10.1. The smallest absolute Gasteiger partial charge is 0.333 e. The quantitative estimate of drug-likeness (QED) is 0.480. The van der Waals surface area contributed by atoms with Crippen LogP contribution in [0.15, 0.2) is 99.9 Å². The van der Waals surface area contributed by atoms with Crippen molar-refractivity contribution in [3.05, 3.63) is 112 Å². The first kappa shape index (κ1) is 22.5. The summed E-state index contributed by atoms with van der Waals surface area (Å²) >= 11 is 3.47. The lowest BCUT2D eigenvalue weighted by Gasteiger charge is -2.40. The minimum Gasteiger partial charge on any atom is -0.478 e. The molecule has 0 aromatic heterocycles. The van der Waals surface area contributed by atoms with Gasteiger partial charge in [-0.15, -0.1) is 0 Å². The van der Waals surface area contributed by atoms with Crippen molar-refractivity contribution < 1.29 is 18.3 Å². The summed E-state index contributed by atoms with van der Waals surface area (Å²) in [5.41, 5.74) is 2.39. The molecule has 5 nitrogen and oxygen atoms in total. The normalized spacial score (nSPS) is 19.4. The molecule has 0 bridgehead atoms. The number of hydrogen-bond acceptors (Lipinski definition) is 3. The van der Waals surface area contributed by atoms with E-state index in [0.717, 1.165) is 15.6 Å². The van der Waals surface area contributed by atoms with Gasteiger partial charge in [0.15, 0.2) is 0 Å². The summed E-state index contributed by atoms with van der Waals surface area (Å²) in [5.74, 6) is -1.13. The van der Waals surface area contributed by atoms with E-state index in [1.807, 2.05) is 37.3 Å². The van der Waals surface area contributed by atoms with Crippen molar-refractivity contribution in [1.82, 2.24) is 4.31 Å². The van der Waals surface area contributed by atoms with Gasteiger partial charge in [0.1, 0.15) is 0 Å². The average Bonchev–Trinajstić information content (AvgIpc) is 2.79. The average molecular weight is 512 g/mol. The van der Waals surface area contributed by atoms with Gasteiger partial charge in [-0.05, 0) is 48.7 Å². The molecule has 1 aliphatic rings. The minimum atomic E-state index is -4.04. The van der Waals surface area contributed by atoms with Crippen LogP contribution in [0.25, 0.3) is 0 Å². The van der Waals surface area contributed by atoms with Crippen molar-refractivity contribution >= 4 is 31.9 Å². The van der Waals surface area contributed by atoms with Gasteiger partial charge in [0.25, 0.3) is 0 Å². The Kier molecular flexibility index (Phi) is 6.33. The van der Waals surface area contributed by atoms with Crippen molar-refractivity contribution in [2.45, 2.75) is 30.3 Å². The summed E-state index contributed by atoms with van der Waals surface area (Å²) in [6.45, 7) is 1.89. The molecular formula is C25H22BrNO4S. The molecular weight excluding hydrogens is 490 g/mol. The van der Waals surface area contributed by atoms with Gasteiger partial charge in [-0.3, -0.25) is 0 Å². The maximum Gasteiger partial charge on any atom is 0.333 e. The van der Waals surface area contributed by atoms with Crippen molar-refractivity contribution in [2.75, 3.05) is 0 Å². The molecule has 0 radical (unpaired) electrons. The molecule has 0 saturated heterocycles. The number of aryl methyl sites for hydroxylation is 1. The molecule has 0 amide bonds. The van der Waals surface area contributed by atoms with E-state index >= 15 is 0 Å². The Hall–Kier alpha value is -2.74. The molecule has 4 rings (SSSR count). The number of carboxylic acids is 1. The fraction of sp³-hybridized carbons (Fsp3) is 0.160. The van der Waals surface area contributed by atoms with Gasteiger partial charge in [0.05, 0.1) is 22.6 Å². The maximum absolute atomic E-state index is 14.0. The highest BCUT2D eigenvalue weighted by molar-refractivity contribution is 9.10. The number of nitrogens with zero attached hydrogens (tertiary/aromatic N) is 1. The molecule has 0 unspecified atom stereocenters. The lowest BCUT2D eigenvalue weighted by atomic mass is 9.89. The summed E-state index contributed by atoms with van der Waals surface area (Å²) in [5, 5.41) is 9.96. The van der Waals surface area contributed by atoms with Crippen LogP contribution in [0.1, 0.15) is 35.2 Å². The fourth-order valence-electron chi connectivity index (χ4n) is 4.07. The van der Waals surface area contributed by atoms with Crippen LogP contribution >= 0.6 is 15.9 Å².